The molecule has 0 saturated heterocycles. The van der Waals surface area contributed by atoms with E-state index in [1.165, 1.54) is 31.2 Å². The fraction of sp³-hybridized carbons (Fsp3) is 0.600. The van der Waals surface area contributed by atoms with Gasteiger partial charge in [-0.2, -0.15) is 0 Å². The van der Waals surface area contributed by atoms with Gasteiger partial charge in [0.25, 0.3) is 0 Å². The van der Waals surface area contributed by atoms with Crippen molar-refractivity contribution in [2.24, 2.45) is 5.92 Å². The van der Waals surface area contributed by atoms with E-state index >= 15 is 0 Å². The number of benzene rings is 1. The first-order valence-electron chi connectivity index (χ1n) is 6.61. The van der Waals surface area contributed by atoms with Gasteiger partial charge in [0.1, 0.15) is 5.82 Å². The summed E-state index contributed by atoms with van der Waals surface area (Å²) in [6.45, 7) is 3.28. The van der Waals surface area contributed by atoms with Crippen LogP contribution in [-0.2, 0) is 6.54 Å². The van der Waals surface area contributed by atoms with E-state index in [-0.39, 0.29) is 5.82 Å². The highest BCUT2D eigenvalue weighted by molar-refractivity contribution is 5.16. The highest BCUT2D eigenvalue weighted by Crippen LogP contribution is 2.28. The molecule has 0 bridgehead atoms. The predicted molar refractivity (Wildman–Crippen MR) is 69.3 cm³/mol. The summed E-state index contributed by atoms with van der Waals surface area (Å²) in [7, 11) is 2.19. The third-order valence-electron chi connectivity index (χ3n) is 3.98. The Bertz CT molecular complexity index is 346. The van der Waals surface area contributed by atoms with Gasteiger partial charge in [0, 0.05) is 12.6 Å². The quantitative estimate of drug-likeness (QED) is 0.769. The van der Waals surface area contributed by atoms with Crippen LogP contribution in [0.25, 0.3) is 0 Å². The molecule has 17 heavy (non-hydrogen) atoms. The number of rotatable bonds is 3. The molecular weight excluding hydrogens is 213 g/mol. The average molecular weight is 235 g/mol. The summed E-state index contributed by atoms with van der Waals surface area (Å²) in [5.41, 5.74) is 1.20. The van der Waals surface area contributed by atoms with E-state index in [9.17, 15) is 4.39 Å². The van der Waals surface area contributed by atoms with Gasteiger partial charge >= 0.3 is 0 Å². The van der Waals surface area contributed by atoms with Gasteiger partial charge in [0.05, 0.1) is 0 Å². The van der Waals surface area contributed by atoms with Crippen molar-refractivity contribution in [1.29, 1.82) is 0 Å². The minimum Gasteiger partial charge on any atom is -0.299 e. The van der Waals surface area contributed by atoms with Crippen LogP contribution in [0, 0.1) is 11.7 Å². The molecule has 0 radical (unpaired) electrons. The Hall–Kier alpha value is -0.890. The summed E-state index contributed by atoms with van der Waals surface area (Å²) in [5.74, 6) is 0.636. The number of hydrogen-bond acceptors (Lipinski definition) is 1. The second-order valence-corrected chi connectivity index (χ2v) is 5.37. The van der Waals surface area contributed by atoms with Crippen LogP contribution in [-0.4, -0.2) is 18.0 Å². The van der Waals surface area contributed by atoms with E-state index in [0.29, 0.717) is 6.04 Å². The summed E-state index contributed by atoms with van der Waals surface area (Å²) >= 11 is 0. The van der Waals surface area contributed by atoms with Gasteiger partial charge in [0.15, 0.2) is 0 Å². The second kappa shape index (κ2) is 5.63. The van der Waals surface area contributed by atoms with Gasteiger partial charge in [0.2, 0.25) is 0 Å². The van der Waals surface area contributed by atoms with E-state index in [2.05, 4.69) is 18.9 Å². The molecule has 0 aromatic heterocycles. The molecule has 1 fully saturated rings. The molecule has 94 valence electrons. The predicted octanol–water partition coefficient (Wildman–Crippen LogP) is 3.84. The molecule has 0 heterocycles. The first-order valence-corrected chi connectivity index (χ1v) is 6.61. The van der Waals surface area contributed by atoms with E-state index in [1.807, 2.05) is 12.1 Å². The maximum atomic E-state index is 12.8. The van der Waals surface area contributed by atoms with Crippen LogP contribution in [0.15, 0.2) is 24.3 Å². The number of nitrogens with zero attached hydrogens (tertiary/aromatic N) is 1. The van der Waals surface area contributed by atoms with Crippen molar-refractivity contribution in [2.75, 3.05) is 7.05 Å². The van der Waals surface area contributed by atoms with Gasteiger partial charge in [-0.1, -0.05) is 31.9 Å². The van der Waals surface area contributed by atoms with Crippen molar-refractivity contribution < 1.29 is 4.39 Å². The molecule has 1 aliphatic carbocycles. The molecule has 2 unspecified atom stereocenters. The minimum absolute atomic E-state index is 0.151. The molecule has 0 N–H and O–H groups in total. The first-order chi connectivity index (χ1) is 8.16. The van der Waals surface area contributed by atoms with Gasteiger partial charge in [-0.15, -0.1) is 0 Å². The molecular formula is C15H22FN. The Morgan fingerprint density at radius 2 is 1.82 bits per heavy atom. The van der Waals surface area contributed by atoms with Crippen molar-refractivity contribution in [1.82, 2.24) is 4.90 Å². The van der Waals surface area contributed by atoms with Gasteiger partial charge in [-0.05, 0) is 43.5 Å². The van der Waals surface area contributed by atoms with Crippen LogP contribution in [0.1, 0.15) is 38.2 Å². The molecule has 1 aromatic carbocycles. The largest absolute Gasteiger partial charge is 0.299 e. The van der Waals surface area contributed by atoms with Gasteiger partial charge < -0.3 is 0 Å². The lowest BCUT2D eigenvalue weighted by Gasteiger charge is -2.36. The van der Waals surface area contributed by atoms with Gasteiger partial charge in [-0.25, -0.2) is 4.39 Å². The van der Waals surface area contributed by atoms with Crippen LogP contribution < -0.4 is 0 Å². The van der Waals surface area contributed by atoms with Crippen LogP contribution in [0.5, 0.6) is 0 Å². The lowest BCUT2D eigenvalue weighted by Crippen LogP contribution is -2.38. The molecule has 2 atom stereocenters. The van der Waals surface area contributed by atoms with Crippen molar-refractivity contribution in [3.05, 3.63) is 35.6 Å². The molecule has 0 amide bonds. The number of halogens is 1. The molecule has 1 aromatic rings. The van der Waals surface area contributed by atoms with Crippen LogP contribution in [0.3, 0.4) is 0 Å². The zero-order valence-electron chi connectivity index (χ0n) is 10.8. The SMILES string of the molecule is CC1CCCCC1N(C)Cc1ccc(F)cc1. The smallest absolute Gasteiger partial charge is 0.123 e. The Morgan fingerprint density at radius 3 is 2.47 bits per heavy atom. The third kappa shape index (κ3) is 3.29. The molecule has 0 spiro atoms. The molecule has 1 nitrogen and oxygen atoms in total. The first kappa shape index (κ1) is 12.6. The summed E-state index contributed by atoms with van der Waals surface area (Å²) in [5, 5.41) is 0. The van der Waals surface area contributed by atoms with Crippen molar-refractivity contribution in [3.63, 3.8) is 0 Å². The molecule has 2 heteroatoms. The van der Waals surface area contributed by atoms with Crippen molar-refractivity contribution in [3.8, 4) is 0 Å². The summed E-state index contributed by atoms with van der Waals surface area (Å²) in [6.07, 6.45) is 5.38. The third-order valence-corrected chi connectivity index (χ3v) is 3.98. The Kier molecular flexibility index (Phi) is 4.16. The topological polar surface area (TPSA) is 3.24 Å². The molecule has 0 aliphatic heterocycles. The van der Waals surface area contributed by atoms with Crippen LogP contribution in [0.2, 0.25) is 0 Å². The van der Waals surface area contributed by atoms with E-state index in [4.69, 9.17) is 0 Å². The maximum absolute atomic E-state index is 12.8. The summed E-state index contributed by atoms with van der Waals surface area (Å²) in [4.78, 5) is 2.43. The van der Waals surface area contributed by atoms with Crippen LogP contribution in [0.4, 0.5) is 4.39 Å². The minimum atomic E-state index is -0.151. The van der Waals surface area contributed by atoms with Gasteiger partial charge in [-0.3, -0.25) is 4.90 Å². The molecule has 1 saturated carbocycles. The summed E-state index contributed by atoms with van der Waals surface area (Å²) < 4.78 is 12.8. The summed E-state index contributed by atoms with van der Waals surface area (Å²) in [6, 6.07) is 7.56. The lowest BCUT2D eigenvalue weighted by atomic mass is 9.85. The monoisotopic (exact) mass is 235 g/mol. The highest BCUT2D eigenvalue weighted by Gasteiger charge is 2.24. The Balaban J connectivity index is 1.95. The number of hydrogen-bond donors (Lipinski definition) is 0. The van der Waals surface area contributed by atoms with E-state index < -0.39 is 0 Å². The van der Waals surface area contributed by atoms with E-state index in [1.54, 1.807) is 12.1 Å². The molecule has 2 rings (SSSR count). The maximum Gasteiger partial charge on any atom is 0.123 e. The second-order valence-electron chi connectivity index (χ2n) is 5.37. The zero-order chi connectivity index (χ0) is 12.3. The Labute approximate surface area is 104 Å². The lowest BCUT2D eigenvalue weighted by molar-refractivity contribution is 0.133. The van der Waals surface area contributed by atoms with E-state index in [0.717, 1.165) is 12.5 Å². The van der Waals surface area contributed by atoms with Crippen molar-refractivity contribution in [2.45, 2.75) is 45.2 Å². The average Bonchev–Trinajstić information content (AvgIpc) is 2.32. The highest BCUT2D eigenvalue weighted by atomic mass is 19.1. The zero-order valence-corrected chi connectivity index (χ0v) is 10.8. The van der Waals surface area contributed by atoms with Crippen molar-refractivity contribution >= 4 is 0 Å². The normalized spacial score (nSPS) is 25.2. The van der Waals surface area contributed by atoms with Crippen LogP contribution >= 0.6 is 0 Å². The fourth-order valence-corrected chi connectivity index (χ4v) is 2.95. The molecule has 1 aliphatic rings. The standard InChI is InChI=1S/C15H22FN/c1-12-5-3-4-6-15(12)17(2)11-13-7-9-14(16)10-8-13/h7-10,12,15H,3-6,11H2,1-2H3. The Morgan fingerprint density at radius 1 is 1.18 bits per heavy atom. The fourth-order valence-electron chi connectivity index (χ4n) is 2.95.